The number of nitrogens with one attached hydrogen (secondary N) is 1. The van der Waals surface area contributed by atoms with Gasteiger partial charge in [0.2, 0.25) is 0 Å². The highest BCUT2D eigenvalue weighted by Crippen LogP contribution is 2.23. The Kier molecular flexibility index (Phi) is 7.73. The number of ether oxygens (including phenoxy) is 1. The van der Waals surface area contributed by atoms with Crippen LogP contribution in [0.1, 0.15) is 44.1 Å². The first-order valence-corrected chi connectivity index (χ1v) is 11.0. The first-order chi connectivity index (χ1) is 16.1. The Morgan fingerprint density at radius 2 is 1.76 bits per heavy atom. The van der Waals surface area contributed by atoms with Crippen molar-refractivity contribution in [2.45, 2.75) is 26.7 Å². The zero-order valence-electron chi connectivity index (χ0n) is 19.8. The van der Waals surface area contributed by atoms with Crippen LogP contribution in [0.5, 0.6) is 0 Å². The van der Waals surface area contributed by atoms with Crippen LogP contribution >= 0.6 is 11.6 Å². The minimum Gasteiger partial charge on any atom is -0.469 e. The molecule has 2 aromatic carbocycles. The van der Waals surface area contributed by atoms with Crippen molar-refractivity contribution < 1.29 is 19.1 Å². The smallest absolute Gasteiger partial charge is 0.305 e. The quantitative estimate of drug-likeness (QED) is 0.509. The van der Waals surface area contributed by atoms with Gasteiger partial charge in [-0.25, -0.2) is 4.68 Å². The van der Waals surface area contributed by atoms with E-state index in [0.717, 1.165) is 22.6 Å². The molecule has 0 saturated carbocycles. The Labute approximate surface area is 203 Å². The number of nitrogens with zero attached hydrogens (tertiary/aromatic N) is 3. The molecule has 0 unspecified atom stereocenters. The molecule has 1 aromatic heterocycles. The van der Waals surface area contributed by atoms with Gasteiger partial charge in [0.1, 0.15) is 0 Å². The SMILES string of the molecule is COC(=O)CCc1c(C)nn(-c2ccc(C(=O)Nc3ccc(Cl)c(C(=O)N(C)C)c3)cc2)c1C. The number of halogens is 1. The maximum Gasteiger partial charge on any atom is 0.305 e. The molecule has 1 N–H and O–H groups in total. The van der Waals surface area contributed by atoms with E-state index < -0.39 is 0 Å². The van der Waals surface area contributed by atoms with Gasteiger partial charge < -0.3 is 15.0 Å². The van der Waals surface area contributed by atoms with Gasteiger partial charge in [0.25, 0.3) is 11.8 Å². The van der Waals surface area contributed by atoms with E-state index in [1.807, 2.05) is 13.8 Å². The predicted molar refractivity (Wildman–Crippen MR) is 131 cm³/mol. The van der Waals surface area contributed by atoms with E-state index in [-0.39, 0.29) is 24.2 Å². The summed E-state index contributed by atoms with van der Waals surface area (Å²) in [5.41, 5.74) is 4.80. The summed E-state index contributed by atoms with van der Waals surface area (Å²) in [4.78, 5) is 38.0. The second-order valence-electron chi connectivity index (χ2n) is 8.03. The second-order valence-corrected chi connectivity index (χ2v) is 8.44. The summed E-state index contributed by atoms with van der Waals surface area (Å²) in [5, 5.41) is 7.71. The number of aryl methyl sites for hydroxylation is 1. The van der Waals surface area contributed by atoms with Crippen LogP contribution in [0.15, 0.2) is 42.5 Å². The van der Waals surface area contributed by atoms with Crippen molar-refractivity contribution in [3.05, 3.63) is 75.6 Å². The van der Waals surface area contributed by atoms with Gasteiger partial charge in [-0.2, -0.15) is 5.10 Å². The maximum absolute atomic E-state index is 12.8. The van der Waals surface area contributed by atoms with Crippen LogP contribution in [0, 0.1) is 13.8 Å². The van der Waals surface area contributed by atoms with Crippen molar-refractivity contribution in [2.75, 3.05) is 26.5 Å². The van der Waals surface area contributed by atoms with Crippen LogP contribution in [0.3, 0.4) is 0 Å². The molecule has 0 fully saturated rings. The Balaban J connectivity index is 1.76. The number of methoxy groups -OCH3 is 1. The number of carbonyl (C=O) groups excluding carboxylic acids is 3. The van der Waals surface area contributed by atoms with Crippen molar-refractivity contribution >= 4 is 35.1 Å². The summed E-state index contributed by atoms with van der Waals surface area (Å²) < 4.78 is 6.52. The molecule has 178 valence electrons. The van der Waals surface area contributed by atoms with Crippen LogP contribution in [0.2, 0.25) is 5.02 Å². The highest BCUT2D eigenvalue weighted by atomic mass is 35.5. The third-order valence-corrected chi connectivity index (χ3v) is 5.81. The zero-order chi connectivity index (χ0) is 25.0. The lowest BCUT2D eigenvalue weighted by atomic mass is 10.1. The third kappa shape index (κ3) is 5.46. The number of esters is 1. The van der Waals surface area contributed by atoms with Gasteiger partial charge in [-0.3, -0.25) is 14.4 Å². The molecule has 0 saturated heterocycles. The lowest BCUT2D eigenvalue weighted by molar-refractivity contribution is -0.140. The lowest BCUT2D eigenvalue weighted by Gasteiger charge is -2.13. The molecule has 0 bridgehead atoms. The standard InChI is InChI=1S/C25H27ClN4O4/c1-15-20(11-13-23(31)34-5)16(2)30(28-15)19-9-6-17(7-10-19)24(32)27-18-8-12-22(26)21(14-18)25(33)29(3)4/h6-10,12,14H,11,13H2,1-5H3,(H,27,32). The molecule has 8 nitrogen and oxygen atoms in total. The molecule has 2 amide bonds. The summed E-state index contributed by atoms with van der Waals surface area (Å²) in [7, 11) is 4.64. The van der Waals surface area contributed by atoms with Crippen LogP contribution in [0.25, 0.3) is 5.69 Å². The lowest BCUT2D eigenvalue weighted by Crippen LogP contribution is -2.22. The first kappa shape index (κ1) is 25.0. The van der Waals surface area contributed by atoms with E-state index in [9.17, 15) is 14.4 Å². The monoisotopic (exact) mass is 482 g/mol. The molecule has 0 spiro atoms. The summed E-state index contributed by atoms with van der Waals surface area (Å²) in [5.74, 6) is -0.827. The molecular weight excluding hydrogens is 456 g/mol. The van der Waals surface area contributed by atoms with Crippen molar-refractivity contribution in [1.82, 2.24) is 14.7 Å². The van der Waals surface area contributed by atoms with Crippen LogP contribution in [0.4, 0.5) is 5.69 Å². The molecule has 0 aliphatic heterocycles. The van der Waals surface area contributed by atoms with Crippen molar-refractivity contribution in [3.63, 3.8) is 0 Å². The summed E-state index contributed by atoms with van der Waals surface area (Å²) in [6.07, 6.45) is 0.833. The second kappa shape index (κ2) is 10.5. The van der Waals surface area contributed by atoms with Crippen molar-refractivity contribution in [3.8, 4) is 5.69 Å². The third-order valence-electron chi connectivity index (χ3n) is 5.48. The van der Waals surface area contributed by atoms with E-state index >= 15 is 0 Å². The number of hydrogen-bond acceptors (Lipinski definition) is 5. The Morgan fingerprint density at radius 1 is 1.09 bits per heavy atom. The average Bonchev–Trinajstić information content (AvgIpc) is 3.11. The number of rotatable bonds is 7. The number of anilines is 1. The Bertz CT molecular complexity index is 1230. The van der Waals surface area contributed by atoms with E-state index in [1.54, 1.807) is 61.2 Å². The number of aromatic nitrogens is 2. The van der Waals surface area contributed by atoms with Crippen LogP contribution in [-0.4, -0.2) is 53.7 Å². The highest BCUT2D eigenvalue weighted by molar-refractivity contribution is 6.34. The largest absolute Gasteiger partial charge is 0.469 e. The van der Waals surface area contributed by atoms with Gasteiger partial charge in [-0.05, 0) is 68.3 Å². The fraction of sp³-hybridized carbons (Fsp3) is 0.280. The number of hydrogen-bond donors (Lipinski definition) is 1. The summed E-state index contributed by atoms with van der Waals surface area (Å²) >= 11 is 6.14. The van der Waals surface area contributed by atoms with Crippen molar-refractivity contribution in [1.29, 1.82) is 0 Å². The Morgan fingerprint density at radius 3 is 2.38 bits per heavy atom. The topological polar surface area (TPSA) is 93.5 Å². The fourth-order valence-electron chi connectivity index (χ4n) is 3.58. The number of carbonyl (C=O) groups is 3. The molecule has 3 rings (SSSR count). The Hall–Kier alpha value is -3.65. The van der Waals surface area contributed by atoms with Gasteiger partial charge in [-0.15, -0.1) is 0 Å². The molecule has 34 heavy (non-hydrogen) atoms. The zero-order valence-corrected chi connectivity index (χ0v) is 20.6. The first-order valence-electron chi connectivity index (χ1n) is 10.7. The van der Waals surface area contributed by atoms with Crippen LogP contribution in [-0.2, 0) is 16.0 Å². The molecule has 1 heterocycles. The van der Waals surface area contributed by atoms with E-state index in [1.165, 1.54) is 12.0 Å². The van der Waals surface area contributed by atoms with E-state index in [0.29, 0.717) is 28.3 Å². The molecule has 3 aromatic rings. The molecular formula is C25H27ClN4O4. The molecule has 9 heteroatoms. The number of benzene rings is 2. The summed E-state index contributed by atoms with van der Waals surface area (Å²) in [6, 6.07) is 11.8. The predicted octanol–water partition coefficient (Wildman–Crippen LogP) is 4.20. The van der Waals surface area contributed by atoms with Crippen LogP contribution < -0.4 is 5.32 Å². The van der Waals surface area contributed by atoms with Crippen molar-refractivity contribution in [2.24, 2.45) is 0 Å². The van der Waals surface area contributed by atoms with E-state index in [4.69, 9.17) is 16.3 Å². The van der Waals surface area contributed by atoms with Gasteiger partial charge >= 0.3 is 5.97 Å². The molecule has 0 radical (unpaired) electrons. The van der Waals surface area contributed by atoms with Gasteiger partial charge in [0, 0.05) is 37.5 Å². The minimum atomic E-state index is -0.316. The number of amides is 2. The minimum absolute atomic E-state index is 0.249. The van der Waals surface area contributed by atoms with Gasteiger partial charge in [-0.1, -0.05) is 11.6 Å². The maximum atomic E-state index is 12.8. The fourth-order valence-corrected chi connectivity index (χ4v) is 3.78. The highest BCUT2D eigenvalue weighted by Gasteiger charge is 2.16. The molecule has 0 aliphatic rings. The van der Waals surface area contributed by atoms with Gasteiger partial charge in [0.15, 0.2) is 0 Å². The van der Waals surface area contributed by atoms with Gasteiger partial charge in [0.05, 0.1) is 29.1 Å². The molecule has 0 atom stereocenters. The summed E-state index contributed by atoms with van der Waals surface area (Å²) in [6.45, 7) is 3.85. The molecule has 0 aliphatic carbocycles. The average molecular weight is 483 g/mol. The normalized spacial score (nSPS) is 10.6. The van der Waals surface area contributed by atoms with E-state index in [2.05, 4.69) is 10.4 Å².